The van der Waals surface area contributed by atoms with E-state index in [1.54, 1.807) is 0 Å². The minimum absolute atomic E-state index is 0.0178. The molecule has 1 aromatic heterocycles. The maximum atomic E-state index is 14.7. The van der Waals surface area contributed by atoms with E-state index >= 15 is 0 Å². The molecule has 3 N–H and O–H groups in total. The number of anilines is 2. The first-order valence-corrected chi connectivity index (χ1v) is 13.4. The molecule has 5 rings (SSSR count). The lowest BCUT2D eigenvalue weighted by atomic mass is 9.92. The van der Waals surface area contributed by atoms with Crippen LogP contribution in [0.5, 0.6) is 0 Å². The molecule has 2 aliphatic heterocycles. The van der Waals surface area contributed by atoms with Crippen LogP contribution in [0.3, 0.4) is 0 Å². The number of hydrogen-bond donors (Lipinski definition) is 3. The molecule has 2 aliphatic carbocycles. The SMILES string of the molecule is CC(C)(C[C@@H](CC=N)Nc1nc(NC2=CC=C3C(C2)OCC(=O)N3CC2CC2)ncc1F)N1CCCC1. The Labute approximate surface area is 218 Å². The minimum Gasteiger partial charge on any atom is -0.364 e. The average molecular weight is 512 g/mol. The number of halogens is 1. The second kappa shape index (κ2) is 10.9. The van der Waals surface area contributed by atoms with Crippen LogP contribution in [0.4, 0.5) is 16.2 Å². The third-order valence-electron chi connectivity index (χ3n) is 7.82. The fourth-order valence-corrected chi connectivity index (χ4v) is 5.58. The summed E-state index contributed by atoms with van der Waals surface area (Å²) in [5, 5.41) is 14.1. The topological polar surface area (TPSA) is 106 Å². The van der Waals surface area contributed by atoms with Crippen LogP contribution in [-0.2, 0) is 9.53 Å². The maximum Gasteiger partial charge on any atom is 0.252 e. The largest absolute Gasteiger partial charge is 0.364 e. The van der Waals surface area contributed by atoms with E-state index in [1.807, 2.05) is 17.1 Å². The summed E-state index contributed by atoms with van der Waals surface area (Å²) in [6, 6.07) is -0.129. The molecular formula is C27H38FN7O2. The number of ether oxygens (including phenoxy) is 1. The van der Waals surface area contributed by atoms with Gasteiger partial charge in [0, 0.05) is 36.7 Å². The summed E-state index contributed by atoms with van der Waals surface area (Å²) >= 11 is 0. The Hall–Kier alpha value is -2.85. The quantitative estimate of drug-likeness (QED) is 0.387. The van der Waals surface area contributed by atoms with Crippen LogP contribution in [0, 0.1) is 17.1 Å². The van der Waals surface area contributed by atoms with Gasteiger partial charge in [-0.15, -0.1) is 0 Å². The van der Waals surface area contributed by atoms with Gasteiger partial charge in [0.25, 0.3) is 5.91 Å². The summed E-state index contributed by atoms with van der Waals surface area (Å²) in [6.07, 6.45) is 12.8. The number of nitrogens with zero attached hydrogens (tertiary/aromatic N) is 4. The molecule has 2 saturated heterocycles. The molecule has 10 heteroatoms. The van der Waals surface area contributed by atoms with Crippen molar-refractivity contribution in [3.8, 4) is 0 Å². The van der Waals surface area contributed by atoms with Crippen molar-refractivity contribution in [1.29, 1.82) is 5.41 Å². The number of hydrogen-bond acceptors (Lipinski definition) is 8. The highest BCUT2D eigenvalue weighted by Crippen LogP contribution is 2.35. The first-order valence-electron chi connectivity index (χ1n) is 13.4. The van der Waals surface area contributed by atoms with Gasteiger partial charge in [0.2, 0.25) is 5.95 Å². The first kappa shape index (κ1) is 25.8. The molecule has 2 atom stereocenters. The van der Waals surface area contributed by atoms with Crippen molar-refractivity contribution in [2.24, 2.45) is 5.92 Å². The highest BCUT2D eigenvalue weighted by Gasteiger charge is 2.37. The highest BCUT2D eigenvalue weighted by molar-refractivity contribution is 5.80. The van der Waals surface area contributed by atoms with Gasteiger partial charge in [-0.1, -0.05) is 0 Å². The third kappa shape index (κ3) is 6.18. The van der Waals surface area contributed by atoms with E-state index in [4.69, 9.17) is 10.1 Å². The summed E-state index contributed by atoms with van der Waals surface area (Å²) in [6.45, 7) is 7.42. The molecule has 1 amide bonds. The summed E-state index contributed by atoms with van der Waals surface area (Å²) in [5.41, 5.74) is 1.69. The molecule has 0 radical (unpaired) electrons. The molecule has 4 aliphatic rings. The maximum absolute atomic E-state index is 14.7. The van der Waals surface area contributed by atoms with E-state index in [0.29, 0.717) is 24.7 Å². The fraction of sp³-hybridized carbons (Fsp3) is 0.630. The predicted molar refractivity (Wildman–Crippen MR) is 141 cm³/mol. The van der Waals surface area contributed by atoms with Crippen LogP contribution >= 0.6 is 0 Å². The Morgan fingerprint density at radius 2 is 2.08 bits per heavy atom. The number of morpholine rings is 1. The third-order valence-corrected chi connectivity index (χ3v) is 7.82. The van der Waals surface area contributed by atoms with E-state index in [9.17, 15) is 9.18 Å². The average Bonchev–Trinajstić information content (AvgIpc) is 3.50. The molecule has 1 unspecified atom stereocenters. The molecule has 0 bridgehead atoms. The predicted octanol–water partition coefficient (Wildman–Crippen LogP) is 3.92. The Morgan fingerprint density at radius 3 is 2.81 bits per heavy atom. The number of rotatable bonds is 11. The van der Waals surface area contributed by atoms with Gasteiger partial charge >= 0.3 is 0 Å². The van der Waals surface area contributed by atoms with Gasteiger partial charge in [-0.3, -0.25) is 9.69 Å². The Balaban J connectivity index is 1.27. The van der Waals surface area contributed by atoms with Crippen molar-refractivity contribution in [3.05, 3.63) is 35.6 Å². The lowest BCUT2D eigenvalue weighted by Gasteiger charge is -2.38. The van der Waals surface area contributed by atoms with E-state index in [-0.39, 0.29) is 36.0 Å². The molecular weight excluding hydrogens is 473 g/mol. The number of aromatic nitrogens is 2. The van der Waals surface area contributed by atoms with Gasteiger partial charge in [0.15, 0.2) is 11.6 Å². The normalized spacial score (nSPS) is 23.3. The summed E-state index contributed by atoms with van der Waals surface area (Å²) in [7, 11) is 0. The van der Waals surface area contributed by atoms with Gasteiger partial charge in [-0.2, -0.15) is 4.98 Å². The van der Waals surface area contributed by atoms with Crippen molar-refractivity contribution in [1.82, 2.24) is 19.8 Å². The van der Waals surface area contributed by atoms with Crippen LogP contribution in [0.2, 0.25) is 0 Å². The molecule has 1 aromatic rings. The Bertz CT molecular complexity index is 1080. The van der Waals surface area contributed by atoms with Crippen molar-refractivity contribution in [2.75, 3.05) is 36.9 Å². The lowest BCUT2D eigenvalue weighted by molar-refractivity contribution is -0.143. The zero-order chi connectivity index (χ0) is 26.0. The van der Waals surface area contributed by atoms with E-state index in [0.717, 1.165) is 37.4 Å². The van der Waals surface area contributed by atoms with Crippen LogP contribution in [0.15, 0.2) is 29.7 Å². The van der Waals surface area contributed by atoms with Gasteiger partial charge in [-0.05, 0) is 83.3 Å². The minimum atomic E-state index is -0.524. The second-order valence-electron chi connectivity index (χ2n) is 11.2. The van der Waals surface area contributed by atoms with Gasteiger partial charge in [-0.25, -0.2) is 9.37 Å². The molecule has 3 heterocycles. The van der Waals surface area contributed by atoms with Gasteiger partial charge in [0.1, 0.15) is 12.7 Å². The van der Waals surface area contributed by atoms with Crippen LogP contribution < -0.4 is 10.6 Å². The molecule has 3 fully saturated rings. The zero-order valence-electron chi connectivity index (χ0n) is 21.8. The molecule has 200 valence electrons. The molecule has 37 heavy (non-hydrogen) atoms. The van der Waals surface area contributed by atoms with Gasteiger partial charge in [0.05, 0.1) is 11.9 Å². The summed E-state index contributed by atoms with van der Waals surface area (Å²) < 4.78 is 20.6. The Morgan fingerprint density at radius 1 is 1.30 bits per heavy atom. The molecule has 1 saturated carbocycles. The summed E-state index contributed by atoms with van der Waals surface area (Å²) in [4.78, 5) is 25.3. The molecule has 0 aromatic carbocycles. The van der Waals surface area contributed by atoms with E-state index in [2.05, 4.69) is 39.3 Å². The second-order valence-corrected chi connectivity index (χ2v) is 11.2. The number of amides is 1. The standard InChI is InChI=1S/C27H38FN7O2/c1-27(2,34-11-3-4-12-34)14-20(9-10-29)31-25-21(28)15-30-26(33-25)32-19-7-8-22-23(13-19)37-17-24(36)35(22)16-18-5-6-18/h7-8,10,15,18,20,23,29H,3-6,9,11-14,16-17H2,1-2H3,(H2,30,31,32,33)/t20-,23?/m1/s1. The number of carbonyl (C=O) groups excluding carboxylic acids is 1. The monoisotopic (exact) mass is 511 g/mol. The zero-order valence-corrected chi connectivity index (χ0v) is 21.8. The van der Waals surface area contributed by atoms with Crippen LogP contribution in [-0.4, -0.2) is 75.8 Å². The van der Waals surface area contributed by atoms with Crippen LogP contribution in [0.25, 0.3) is 0 Å². The van der Waals surface area contributed by atoms with Crippen molar-refractivity contribution in [2.45, 2.75) is 76.5 Å². The van der Waals surface area contributed by atoms with E-state index in [1.165, 1.54) is 38.1 Å². The number of nitrogens with one attached hydrogen (secondary N) is 3. The smallest absolute Gasteiger partial charge is 0.252 e. The number of fused-ring (bicyclic) bond motifs is 1. The number of likely N-dealkylation sites (tertiary alicyclic amines) is 1. The van der Waals surface area contributed by atoms with Crippen LogP contribution in [0.1, 0.15) is 58.8 Å². The van der Waals surface area contributed by atoms with Gasteiger partial charge < -0.3 is 25.7 Å². The number of carbonyl (C=O) groups is 1. The first-order chi connectivity index (χ1) is 17.8. The lowest BCUT2D eigenvalue weighted by Crippen LogP contribution is -2.46. The highest BCUT2D eigenvalue weighted by atomic mass is 19.1. The Kier molecular flexibility index (Phi) is 7.57. The van der Waals surface area contributed by atoms with Crippen molar-refractivity contribution < 1.29 is 13.9 Å². The molecule has 0 spiro atoms. The molecule has 9 nitrogen and oxygen atoms in total. The van der Waals surface area contributed by atoms with E-state index < -0.39 is 5.82 Å². The number of allylic oxidation sites excluding steroid dienone is 2. The fourth-order valence-electron chi connectivity index (χ4n) is 5.58. The van der Waals surface area contributed by atoms with Crippen molar-refractivity contribution in [3.63, 3.8) is 0 Å². The van der Waals surface area contributed by atoms with Crippen molar-refractivity contribution >= 4 is 23.9 Å². The summed E-state index contributed by atoms with van der Waals surface area (Å²) in [5.74, 6) is 0.516.